The Balaban J connectivity index is 1.49. The van der Waals surface area contributed by atoms with E-state index in [1.54, 1.807) is 31.6 Å². The van der Waals surface area contributed by atoms with E-state index in [-0.39, 0.29) is 17.3 Å². The van der Waals surface area contributed by atoms with Crippen molar-refractivity contribution in [1.82, 2.24) is 15.2 Å². The highest BCUT2D eigenvalue weighted by Gasteiger charge is 2.23. The second-order valence-electron chi connectivity index (χ2n) is 7.70. The summed E-state index contributed by atoms with van der Waals surface area (Å²) in [7, 11) is 1.59. The van der Waals surface area contributed by atoms with Crippen molar-refractivity contribution in [2.75, 3.05) is 18.9 Å². The van der Waals surface area contributed by atoms with Gasteiger partial charge < -0.3 is 15.5 Å². The summed E-state index contributed by atoms with van der Waals surface area (Å²) < 4.78 is 15.2. The Morgan fingerprint density at radius 2 is 2.25 bits per heavy atom. The van der Waals surface area contributed by atoms with E-state index in [1.165, 1.54) is 0 Å². The quantitative estimate of drug-likeness (QED) is 0.713. The number of fused-ring (bicyclic) bond motifs is 1. The van der Waals surface area contributed by atoms with Gasteiger partial charge in [-0.1, -0.05) is 19.1 Å². The Morgan fingerprint density at radius 1 is 1.41 bits per heavy atom. The van der Waals surface area contributed by atoms with E-state index in [1.807, 2.05) is 36.1 Å². The van der Waals surface area contributed by atoms with Gasteiger partial charge in [0.2, 0.25) is 5.91 Å². The molecule has 3 aliphatic heterocycles. The normalized spacial score (nSPS) is 21.6. The summed E-state index contributed by atoms with van der Waals surface area (Å²) in [6.07, 6.45) is 14.0. The van der Waals surface area contributed by atoms with Gasteiger partial charge in [-0.2, -0.15) is 0 Å². The van der Waals surface area contributed by atoms with Crippen molar-refractivity contribution < 1.29 is 14.0 Å². The van der Waals surface area contributed by atoms with Crippen LogP contribution < -0.4 is 10.6 Å². The van der Waals surface area contributed by atoms with Crippen LogP contribution in [0.25, 0.3) is 6.08 Å². The van der Waals surface area contributed by atoms with Crippen molar-refractivity contribution in [1.29, 1.82) is 0 Å². The molecule has 0 bridgehead atoms. The molecule has 0 saturated carbocycles. The fourth-order valence-corrected chi connectivity index (χ4v) is 3.84. The number of nitrogens with one attached hydrogen (secondary N) is 2. The predicted molar refractivity (Wildman–Crippen MR) is 122 cm³/mol. The molecule has 32 heavy (non-hydrogen) atoms. The molecule has 0 aromatic carbocycles. The lowest BCUT2D eigenvalue weighted by molar-refractivity contribution is -0.120. The van der Waals surface area contributed by atoms with Gasteiger partial charge in [-0.05, 0) is 47.9 Å². The van der Waals surface area contributed by atoms with Gasteiger partial charge in [0.1, 0.15) is 17.4 Å². The predicted octanol–water partition coefficient (Wildman–Crippen LogP) is 2.93. The van der Waals surface area contributed by atoms with Gasteiger partial charge in [0.05, 0.1) is 5.69 Å². The monoisotopic (exact) mass is 433 g/mol. The first-order valence-electron chi connectivity index (χ1n) is 10.5. The van der Waals surface area contributed by atoms with Crippen molar-refractivity contribution in [2.45, 2.75) is 32.4 Å². The van der Waals surface area contributed by atoms with E-state index in [0.717, 1.165) is 23.1 Å². The Kier molecular flexibility index (Phi) is 6.14. The molecule has 0 aliphatic carbocycles. The third-order valence-electron chi connectivity index (χ3n) is 5.73. The number of nitrogens with zero attached hydrogens (tertiary/aromatic N) is 3. The number of carbonyl (C=O) groups excluding carboxylic acids is 2. The number of carbonyl (C=O) groups is 1. The van der Waals surface area contributed by atoms with Crippen LogP contribution in [0.15, 0.2) is 58.0 Å². The van der Waals surface area contributed by atoms with Crippen LogP contribution in [0.1, 0.15) is 31.0 Å². The lowest BCUT2D eigenvalue weighted by atomic mass is 9.99. The smallest absolute Gasteiger partial charge is 0.248 e. The van der Waals surface area contributed by atoms with Crippen molar-refractivity contribution >= 4 is 29.8 Å². The van der Waals surface area contributed by atoms with Crippen LogP contribution in [0.3, 0.4) is 0 Å². The minimum Gasteiger partial charge on any atom is -0.373 e. The first-order valence-corrected chi connectivity index (χ1v) is 10.5. The Bertz CT molecular complexity index is 1140. The van der Waals surface area contributed by atoms with E-state index in [0.29, 0.717) is 30.8 Å². The molecule has 7 nitrogen and oxygen atoms in total. The summed E-state index contributed by atoms with van der Waals surface area (Å²) >= 11 is 0. The van der Waals surface area contributed by atoms with Crippen molar-refractivity contribution in [3.8, 4) is 0 Å². The van der Waals surface area contributed by atoms with Gasteiger partial charge in [0.15, 0.2) is 11.8 Å². The number of likely N-dealkylation sites (N-methyl/N-ethyl adjacent to an activating group) is 1. The third kappa shape index (κ3) is 4.18. The number of allylic oxidation sites excluding steroid dienone is 4. The lowest BCUT2D eigenvalue weighted by Crippen LogP contribution is -2.30. The highest BCUT2D eigenvalue weighted by molar-refractivity contribution is 5.92. The SMILES string of the molecule is CCC1=Cc2ncc(CN3C=CC(=C4C=CC(C(=O)NC)N=C4)CC3)c(F)c2NC1=C=O. The fraction of sp³-hybridized carbons (Fsp3) is 0.292. The number of hydrogen-bond donors (Lipinski definition) is 2. The molecule has 1 amide bonds. The molecule has 4 rings (SSSR count). The molecule has 164 valence electrons. The molecule has 3 aliphatic rings. The molecule has 1 aromatic rings. The molecule has 0 spiro atoms. The number of anilines is 1. The third-order valence-corrected chi connectivity index (χ3v) is 5.73. The summed E-state index contributed by atoms with van der Waals surface area (Å²) in [6.45, 7) is 2.99. The van der Waals surface area contributed by atoms with Gasteiger partial charge in [0.25, 0.3) is 0 Å². The number of hydrogen-bond acceptors (Lipinski definition) is 6. The molecule has 0 fully saturated rings. The molecule has 0 saturated heterocycles. The standard InChI is InChI=1S/C24H24FN5O2/c1-3-15-10-20-23(29-21(15)14-31)22(25)18(12-28-20)13-30-8-6-16(7-9-30)17-4-5-19(27-11-17)24(32)26-2/h4-6,8,10-12,19,29H,3,7,9,13H2,1-2H3,(H,26,32). The average Bonchev–Trinajstić information content (AvgIpc) is 2.85. The summed E-state index contributed by atoms with van der Waals surface area (Å²) in [5.74, 6) is 1.30. The number of rotatable bonds is 4. The van der Waals surface area contributed by atoms with Gasteiger partial charge in [0, 0.05) is 38.1 Å². The number of aliphatic imine (C=N–C) groups is 1. The summed E-state index contributed by atoms with van der Waals surface area (Å²) in [4.78, 5) is 33.6. The van der Waals surface area contributed by atoms with E-state index in [4.69, 9.17) is 0 Å². The molecule has 1 atom stereocenters. The Labute approximate surface area is 185 Å². The van der Waals surface area contributed by atoms with Crippen LogP contribution in [0.5, 0.6) is 0 Å². The second kappa shape index (κ2) is 9.16. The highest BCUT2D eigenvalue weighted by atomic mass is 19.1. The van der Waals surface area contributed by atoms with Crippen LogP contribution in [0.4, 0.5) is 10.1 Å². The van der Waals surface area contributed by atoms with Gasteiger partial charge in [-0.3, -0.25) is 14.8 Å². The number of aromatic nitrogens is 1. The number of pyridine rings is 1. The second-order valence-corrected chi connectivity index (χ2v) is 7.70. The fourth-order valence-electron chi connectivity index (χ4n) is 3.84. The minimum atomic E-state index is -0.487. The largest absolute Gasteiger partial charge is 0.373 e. The van der Waals surface area contributed by atoms with Crippen molar-refractivity contribution in [3.63, 3.8) is 0 Å². The van der Waals surface area contributed by atoms with Gasteiger partial charge in [-0.15, -0.1) is 0 Å². The minimum absolute atomic E-state index is 0.140. The maximum Gasteiger partial charge on any atom is 0.248 e. The first-order chi connectivity index (χ1) is 15.5. The summed E-state index contributed by atoms with van der Waals surface area (Å²) in [5, 5.41) is 5.44. The lowest BCUT2D eigenvalue weighted by Gasteiger charge is -2.27. The zero-order chi connectivity index (χ0) is 22.7. The number of dihydropyridines is 1. The van der Waals surface area contributed by atoms with E-state index in [2.05, 4.69) is 20.6 Å². The Hall–Kier alpha value is -3.77. The topological polar surface area (TPSA) is 86.7 Å². The molecule has 2 N–H and O–H groups in total. The van der Waals surface area contributed by atoms with Crippen LogP contribution in [-0.4, -0.2) is 47.6 Å². The molecule has 1 unspecified atom stereocenters. The van der Waals surface area contributed by atoms with Crippen molar-refractivity contribution in [3.05, 3.63) is 70.1 Å². The van der Waals surface area contributed by atoms with Gasteiger partial charge in [-0.25, -0.2) is 9.18 Å². The number of amides is 1. The Morgan fingerprint density at radius 3 is 2.88 bits per heavy atom. The van der Waals surface area contributed by atoms with Crippen LogP contribution in [-0.2, 0) is 16.1 Å². The van der Waals surface area contributed by atoms with Crippen LogP contribution in [0, 0.1) is 5.82 Å². The van der Waals surface area contributed by atoms with E-state index < -0.39 is 11.9 Å². The molecule has 0 radical (unpaired) electrons. The maximum absolute atomic E-state index is 15.2. The molecular formula is C24H24FN5O2. The zero-order valence-corrected chi connectivity index (χ0v) is 18.0. The van der Waals surface area contributed by atoms with Gasteiger partial charge >= 0.3 is 0 Å². The molecule has 1 aromatic heterocycles. The molecular weight excluding hydrogens is 409 g/mol. The maximum atomic E-state index is 15.2. The highest BCUT2D eigenvalue weighted by Crippen LogP contribution is 2.32. The first kappa shape index (κ1) is 21.5. The van der Waals surface area contributed by atoms with Crippen molar-refractivity contribution in [2.24, 2.45) is 4.99 Å². The number of halogens is 1. The van der Waals surface area contributed by atoms with E-state index >= 15 is 4.39 Å². The average molecular weight is 433 g/mol. The molecule has 4 heterocycles. The molecule has 8 heteroatoms. The van der Waals surface area contributed by atoms with Crippen LogP contribution >= 0.6 is 0 Å². The zero-order valence-electron chi connectivity index (χ0n) is 18.0. The summed E-state index contributed by atoms with van der Waals surface area (Å²) in [5.41, 5.74) is 4.25. The van der Waals surface area contributed by atoms with Crippen LogP contribution in [0.2, 0.25) is 0 Å². The summed E-state index contributed by atoms with van der Waals surface area (Å²) in [6, 6.07) is -0.487. The van der Waals surface area contributed by atoms with E-state index in [9.17, 15) is 9.59 Å².